The SMILES string of the molecule is CCC(C)(C)CNC(=O)[C@@H]1CCC[C@@H]1C(=O)[O-].[Na+]. The number of aliphatic carboxylic acids is 1. The fourth-order valence-corrected chi connectivity index (χ4v) is 2.14. The van der Waals surface area contributed by atoms with Gasteiger partial charge in [-0.15, -0.1) is 0 Å². The van der Waals surface area contributed by atoms with Crippen LogP contribution >= 0.6 is 0 Å². The van der Waals surface area contributed by atoms with E-state index in [9.17, 15) is 14.7 Å². The van der Waals surface area contributed by atoms with Gasteiger partial charge in [-0.3, -0.25) is 4.79 Å². The molecule has 1 N–H and O–H groups in total. The Labute approximate surface area is 131 Å². The van der Waals surface area contributed by atoms with Gasteiger partial charge in [-0.1, -0.05) is 27.2 Å². The van der Waals surface area contributed by atoms with Gasteiger partial charge in [0.25, 0.3) is 0 Å². The van der Waals surface area contributed by atoms with Gasteiger partial charge in [-0.2, -0.15) is 0 Å². The normalized spacial score (nSPS) is 23.3. The Morgan fingerprint density at radius 3 is 2.33 bits per heavy atom. The largest absolute Gasteiger partial charge is 1.00 e. The molecule has 1 rings (SSSR count). The predicted molar refractivity (Wildman–Crippen MR) is 62.9 cm³/mol. The van der Waals surface area contributed by atoms with Gasteiger partial charge >= 0.3 is 29.6 Å². The van der Waals surface area contributed by atoms with Crippen molar-refractivity contribution in [1.29, 1.82) is 0 Å². The zero-order valence-corrected chi connectivity index (χ0v) is 13.9. The zero-order chi connectivity index (χ0) is 13.1. The van der Waals surface area contributed by atoms with Gasteiger partial charge in [-0.25, -0.2) is 0 Å². The van der Waals surface area contributed by atoms with E-state index < -0.39 is 17.8 Å². The second-order valence-electron chi connectivity index (χ2n) is 5.70. The number of hydrogen-bond acceptors (Lipinski definition) is 3. The predicted octanol–water partition coefficient (Wildman–Crippen LogP) is -2.29. The van der Waals surface area contributed by atoms with Crippen molar-refractivity contribution in [2.45, 2.75) is 46.5 Å². The molecule has 0 aromatic heterocycles. The van der Waals surface area contributed by atoms with Crippen LogP contribution in [-0.2, 0) is 9.59 Å². The van der Waals surface area contributed by atoms with Crippen molar-refractivity contribution in [3.05, 3.63) is 0 Å². The first-order valence-electron chi connectivity index (χ1n) is 6.36. The van der Waals surface area contributed by atoms with Crippen LogP contribution in [0.1, 0.15) is 46.5 Å². The van der Waals surface area contributed by atoms with E-state index in [4.69, 9.17) is 0 Å². The summed E-state index contributed by atoms with van der Waals surface area (Å²) >= 11 is 0. The smallest absolute Gasteiger partial charge is 0.550 e. The van der Waals surface area contributed by atoms with Crippen LogP contribution in [0, 0.1) is 17.3 Å². The second-order valence-corrected chi connectivity index (χ2v) is 5.70. The van der Waals surface area contributed by atoms with Gasteiger partial charge in [0, 0.05) is 24.3 Å². The maximum atomic E-state index is 11.9. The van der Waals surface area contributed by atoms with Crippen LogP contribution in [-0.4, -0.2) is 18.4 Å². The molecule has 0 bridgehead atoms. The molecule has 0 heterocycles. The molecule has 1 amide bonds. The van der Waals surface area contributed by atoms with Gasteiger partial charge in [0.15, 0.2) is 0 Å². The molecule has 5 heteroatoms. The van der Waals surface area contributed by atoms with Crippen molar-refractivity contribution in [3.8, 4) is 0 Å². The van der Waals surface area contributed by atoms with E-state index in [1.54, 1.807) is 0 Å². The third-order valence-electron chi connectivity index (χ3n) is 3.85. The summed E-state index contributed by atoms with van der Waals surface area (Å²) in [4.78, 5) is 22.8. The van der Waals surface area contributed by atoms with Crippen LogP contribution in [0.2, 0.25) is 0 Å². The van der Waals surface area contributed by atoms with Crippen molar-refractivity contribution in [2.75, 3.05) is 6.54 Å². The molecular formula is C13H22NNaO3. The molecule has 1 saturated carbocycles. The molecular weight excluding hydrogens is 241 g/mol. The summed E-state index contributed by atoms with van der Waals surface area (Å²) in [5, 5.41) is 13.8. The van der Waals surface area contributed by atoms with E-state index in [-0.39, 0.29) is 40.9 Å². The molecule has 2 atom stereocenters. The summed E-state index contributed by atoms with van der Waals surface area (Å²) in [6.45, 7) is 6.83. The molecule has 0 unspecified atom stereocenters. The third-order valence-corrected chi connectivity index (χ3v) is 3.85. The molecule has 0 radical (unpaired) electrons. The molecule has 98 valence electrons. The monoisotopic (exact) mass is 263 g/mol. The molecule has 4 nitrogen and oxygen atoms in total. The summed E-state index contributed by atoms with van der Waals surface area (Å²) in [5.74, 6) is -2.21. The number of hydrogen-bond donors (Lipinski definition) is 1. The molecule has 18 heavy (non-hydrogen) atoms. The van der Waals surface area contributed by atoms with Crippen LogP contribution in [0.4, 0.5) is 0 Å². The number of amides is 1. The molecule has 1 fully saturated rings. The molecule has 0 spiro atoms. The summed E-state index contributed by atoms with van der Waals surface area (Å²) in [6, 6.07) is 0. The minimum absolute atomic E-state index is 0. The Morgan fingerprint density at radius 1 is 1.28 bits per heavy atom. The molecule has 0 aromatic rings. The van der Waals surface area contributed by atoms with Gasteiger partial charge < -0.3 is 15.2 Å². The number of carbonyl (C=O) groups excluding carboxylic acids is 2. The molecule has 0 aliphatic heterocycles. The summed E-state index contributed by atoms with van der Waals surface area (Å²) in [6.07, 6.45) is 3.00. The first-order chi connectivity index (χ1) is 7.87. The van der Waals surface area contributed by atoms with Crippen LogP contribution < -0.4 is 40.0 Å². The van der Waals surface area contributed by atoms with E-state index in [1.165, 1.54) is 0 Å². The Balaban J connectivity index is 0.00000289. The van der Waals surface area contributed by atoms with Crippen molar-refractivity contribution in [2.24, 2.45) is 17.3 Å². The fraction of sp³-hybridized carbons (Fsp3) is 0.846. The number of carboxylic acids is 1. The summed E-state index contributed by atoms with van der Waals surface area (Å²) in [5.41, 5.74) is 0.0607. The number of nitrogens with one attached hydrogen (secondary N) is 1. The van der Waals surface area contributed by atoms with Gasteiger partial charge in [0.05, 0.1) is 0 Å². The van der Waals surface area contributed by atoms with E-state index in [1.807, 2.05) is 0 Å². The minimum atomic E-state index is -1.09. The zero-order valence-electron chi connectivity index (χ0n) is 11.9. The molecule has 0 aromatic carbocycles. The van der Waals surface area contributed by atoms with E-state index in [0.29, 0.717) is 19.4 Å². The van der Waals surface area contributed by atoms with E-state index >= 15 is 0 Å². The molecule has 1 aliphatic carbocycles. The summed E-state index contributed by atoms with van der Waals surface area (Å²) in [7, 11) is 0. The Bertz CT molecular complexity index is 305. The number of carbonyl (C=O) groups is 2. The number of carboxylic acid groups (broad SMARTS) is 1. The Kier molecular flexibility index (Phi) is 7.48. The first-order valence-corrected chi connectivity index (χ1v) is 6.36. The van der Waals surface area contributed by atoms with Crippen molar-refractivity contribution in [1.82, 2.24) is 5.32 Å². The van der Waals surface area contributed by atoms with E-state index in [2.05, 4.69) is 26.1 Å². The van der Waals surface area contributed by atoms with Gasteiger partial charge in [0.1, 0.15) is 0 Å². The fourth-order valence-electron chi connectivity index (χ4n) is 2.14. The van der Waals surface area contributed by atoms with Gasteiger partial charge in [-0.05, 0) is 24.7 Å². The average molecular weight is 263 g/mol. The number of rotatable bonds is 5. The quantitative estimate of drug-likeness (QED) is 0.568. The average Bonchev–Trinajstić information content (AvgIpc) is 2.75. The minimum Gasteiger partial charge on any atom is -0.550 e. The standard InChI is InChI=1S/C13H23NO3.Na/c1-4-13(2,3)8-14-11(15)9-6-5-7-10(9)12(16)17;/h9-10H,4-8H2,1-3H3,(H,14,15)(H,16,17);/q;+1/p-1/t9-,10+;/m1./s1. The van der Waals surface area contributed by atoms with Crippen molar-refractivity contribution < 1.29 is 44.3 Å². The van der Waals surface area contributed by atoms with E-state index in [0.717, 1.165) is 12.8 Å². The van der Waals surface area contributed by atoms with Crippen LogP contribution in [0.15, 0.2) is 0 Å². The molecule has 0 saturated heterocycles. The second kappa shape index (κ2) is 7.51. The Morgan fingerprint density at radius 2 is 1.83 bits per heavy atom. The molecule has 1 aliphatic rings. The van der Waals surface area contributed by atoms with Crippen LogP contribution in [0.5, 0.6) is 0 Å². The first kappa shape index (κ1) is 17.9. The van der Waals surface area contributed by atoms with Gasteiger partial charge in [0.2, 0.25) is 5.91 Å². The van der Waals surface area contributed by atoms with Crippen LogP contribution in [0.25, 0.3) is 0 Å². The maximum Gasteiger partial charge on any atom is 1.00 e. The maximum absolute atomic E-state index is 11.9. The van der Waals surface area contributed by atoms with Crippen molar-refractivity contribution in [3.63, 3.8) is 0 Å². The van der Waals surface area contributed by atoms with Crippen LogP contribution in [0.3, 0.4) is 0 Å². The Hall–Kier alpha value is -0.0600. The topological polar surface area (TPSA) is 69.2 Å². The van der Waals surface area contributed by atoms with Crippen molar-refractivity contribution >= 4 is 11.9 Å². The third kappa shape index (κ3) is 4.90. The summed E-state index contributed by atoms with van der Waals surface area (Å²) < 4.78 is 0.